The largest absolute Gasteiger partial charge is 0.324 e. The summed E-state index contributed by atoms with van der Waals surface area (Å²) in [6.45, 7) is 0. The van der Waals surface area contributed by atoms with Crippen LogP contribution in [0.3, 0.4) is 0 Å². The van der Waals surface area contributed by atoms with Gasteiger partial charge in [-0.15, -0.1) is 0 Å². The molecule has 0 aromatic heterocycles. The van der Waals surface area contributed by atoms with Crippen LogP contribution in [0.4, 0.5) is 10.5 Å². The van der Waals surface area contributed by atoms with Crippen molar-refractivity contribution in [1.29, 1.82) is 0 Å². The third-order valence-corrected chi connectivity index (χ3v) is 3.96. The van der Waals surface area contributed by atoms with Crippen molar-refractivity contribution in [1.82, 2.24) is 10.2 Å². The molecular weight excluding hydrogens is 250 g/mol. The summed E-state index contributed by atoms with van der Waals surface area (Å²) in [5, 5.41) is 13.0. The van der Waals surface area contributed by atoms with Crippen molar-refractivity contribution < 1.29 is 14.5 Å². The molecule has 1 spiro atoms. The van der Waals surface area contributed by atoms with E-state index < -0.39 is 16.5 Å². The summed E-state index contributed by atoms with van der Waals surface area (Å²) >= 11 is 0. The SMILES string of the molecule is CN1C(=O)NC(=O)[C@@]12Cc1ccc([N+](=O)[O-])cc1C2. The zero-order valence-electron chi connectivity index (χ0n) is 10.2. The van der Waals surface area contributed by atoms with Gasteiger partial charge in [0.05, 0.1) is 4.92 Å². The molecule has 1 fully saturated rings. The van der Waals surface area contributed by atoms with Gasteiger partial charge in [-0.2, -0.15) is 0 Å². The van der Waals surface area contributed by atoms with E-state index in [1.165, 1.54) is 17.0 Å². The van der Waals surface area contributed by atoms with E-state index in [1.807, 2.05) is 0 Å². The van der Waals surface area contributed by atoms with Crippen LogP contribution < -0.4 is 5.32 Å². The highest BCUT2D eigenvalue weighted by molar-refractivity contribution is 6.07. The number of carbonyl (C=O) groups excluding carboxylic acids is 2. The van der Waals surface area contributed by atoms with Gasteiger partial charge in [-0.05, 0) is 11.1 Å². The fourth-order valence-electron chi connectivity index (χ4n) is 2.80. The van der Waals surface area contributed by atoms with Crippen molar-refractivity contribution in [3.8, 4) is 0 Å². The van der Waals surface area contributed by atoms with E-state index in [9.17, 15) is 19.7 Å². The van der Waals surface area contributed by atoms with E-state index in [4.69, 9.17) is 0 Å². The maximum atomic E-state index is 12.0. The Balaban J connectivity index is 2.02. The number of urea groups is 1. The topological polar surface area (TPSA) is 92.6 Å². The van der Waals surface area contributed by atoms with Crippen molar-refractivity contribution in [2.75, 3.05) is 7.05 Å². The first-order chi connectivity index (χ1) is 8.94. The smallest absolute Gasteiger partial charge is 0.312 e. The zero-order chi connectivity index (χ0) is 13.8. The number of non-ortho nitro benzene ring substituents is 1. The lowest BCUT2D eigenvalue weighted by atomic mass is 9.95. The third kappa shape index (κ3) is 1.44. The first kappa shape index (κ1) is 11.6. The van der Waals surface area contributed by atoms with Gasteiger partial charge in [0.25, 0.3) is 11.6 Å². The van der Waals surface area contributed by atoms with Gasteiger partial charge in [-0.3, -0.25) is 20.2 Å². The molecule has 1 saturated heterocycles. The van der Waals surface area contributed by atoms with Crippen LogP contribution in [0.25, 0.3) is 0 Å². The van der Waals surface area contributed by atoms with Gasteiger partial charge in [0.15, 0.2) is 0 Å². The molecule has 1 aliphatic carbocycles. The van der Waals surface area contributed by atoms with Crippen LogP contribution in [0.5, 0.6) is 0 Å². The lowest BCUT2D eigenvalue weighted by Gasteiger charge is -2.27. The number of nitrogens with one attached hydrogen (secondary N) is 1. The van der Waals surface area contributed by atoms with Crippen molar-refractivity contribution in [3.05, 3.63) is 39.4 Å². The van der Waals surface area contributed by atoms with Crippen molar-refractivity contribution in [2.45, 2.75) is 18.4 Å². The lowest BCUT2D eigenvalue weighted by molar-refractivity contribution is -0.384. The van der Waals surface area contributed by atoms with Crippen LogP contribution in [0.15, 0.2) is 18.2 Å². The number of carbonyl (C=O) groups is 2. The number of imide groups is 1. The number of nitro benzene ring substituents is 1. The Morgan fingerprint density at radius 1 is 1.32 bits per heavy atom. The molecule has 7 heteroatoms. The Bertz CT molecular complexity index is 627. The van der Waals surface area contributed by atoms with Gasteiger partial charge in [0.2, 0.25) is 0 Å². The Hall–Kier alpha value is -2.44. The van der Waals surface area contributed by atoms with Gasteiger partial charge in [0, 0.05) is 32.0 Å². The van der Waals surface area contributed by atoms with Crippen molar-refractivity contribution in [3.63, 3.8) is 0 Å². The molecule has 19 heavy (non-hydrogen) atoms. The van der Waals surface area contributed by atoms with Crippen LogP contribution in [-0.2, 0) is 17.6 Å². The Kier molecular flexibility index (Phi) is 2.16. The second-order valence-electron chi connectivity index (χ2n) is 4.91. The maximum Gasteiger partial charge on any atom is 0.324 e. The Labute approximate surface area is 108 Å². The van der Waals surface area contributed by atoms with Crippen LogP contribution >= 0.6 is 0 Å². The molecule has 1 heterocycles. The lowest BCUT2D eigenvalue weighted by Crippen LogP contribution is -2.48. The average molecular weight is 261 g/mol. The number of hydrogen-bond donors (Lipinski definition) is 1. The summed E-state index contributed by atoms with van der Waals surface area (Å²) in [7, 11) is 1.57. The number of amides is 3. The highest BCUT2D eigenvalue weighted by Crippen LogP contribution is 2.38. The molecule has 1 aliphatic heterocycles. The molecule has 1 atom stereocenters. The van der Waals surface area contributed by atoms with E-state index in [0.29, 0.717) is 12.8 Å². The standard InChI is InChI=1S/C12H11N3O4/c1-14-11(17)13-10(16)12(14)5-7-2-3-9(15(18)19)4-8(7)6-12/h2-4H,5-6H2,1H3,(H,13,16,17)/t12-/m0/s1. The molecule has 98 valence electrons. The van der Waals surface area contributed by atoms with E-state index in [0.717, 1.165) is 11.1 Å². The molecule has 0 saturated carbocycles. The van der Waals surface area contributed by atoms with Crippen molar-refractivity contribution >= 4 is 17.6 Å². The number of fused-ring (bicyclic) bond motifs is 1. The van der Waals surface area contributed by atoms with Crippen LogP contribution in [0.1, 0.15) is 11.1 Å². The molecule has 1 N–H and O–H groups in total. The van der Waals surface area contributed by atoms with Gasteiger partial charge < -0.3 is 4.90 Å². The summed E-state index contributed by atoms with van der Waals surface area (Å²) < 4.78 is 0. The zero-order valence-corrected chi connectivity index (χ0v) is 10.2. The minimum atomic E-state index is -0.922. The minimum absolute atomic E-state index is 0.00295. The summed E-state index contributed by atoms with van der Waals surface area (Å²) in [6, 6.07) is 4.14. The van der Waals surface area contributed by atoms with Gasteiger partial charge in [0.1, 0.15) is 5.54 Å². The van der Waals surface area contributed by atoms with Gasteiger partial charge >= 0.3 is 6.03 Å². The summed E-state index contributed by atoms with van der Waals surface area (Å²) in [5.41, 5.74) is 0.714. The third-order valence-electron chi connectivity index (χ3n) is 3.96. The first-order valence-corrected chi connectivity index (χ1v) is 5.79. The van der Waals surface area contributed by atoms with E-state index in [-0.39, 0.29) is 11.6 Å². The van der Waals surface area contributed by atoms with Gasteiger partial charge in [-0.1, -0.05) is 6.07 Å². The van der Waals surface area contributed by atoms with Crippen LogP contribution in [-0.4, -0.2) is 34.3 Å². The molecule has 3 rings (SSSR count). The molecule has 1 aromatic carbocycles. The number of nitrogens with zero attached hydrogens (tertiary/aromatic N) is 2. The van der Waals surface area contributed by atoms with E-state index in [2.05, 4.69) is 5.32 Å². The fraction of sp³-hybridized carbons (Fsp3) is 0.333. The highest BCUT2D eigenvalue weighted by atomic mass is 16.6. The maximum absolute atomic E-state index is 12.0. The average Bonchev–Trinajstić information content (AvgIpc) is 2.84. The molecule has 3 amide bonds. The predicted molar refractivity (Wildman–Crippen MR) is 64.5 cm³/mol. The number of likely N-dealkylation sites (N-methyl/N-ethyl adjacent to an activating group) is 1. The highest BCUT2D eigenvalue weighted by Gasteiger charge is 2.54. The minimum Gasteiger partial charge on any atom is -0.312 e. The fourth-order valence-corrected chi connectivity index (χ4v) is 2.80. The van der Waals surface area contributed by atoms with Crippen LogP contribution in [0, 0.1) is 10.1 Å². The van der Waals surface area contributed by atoms with E-state index in [1.54, 1.807) is 13.1 Å². The quantitative estimate of drug-likeness (QED) is 0.455. The van der Waals surface area contributed by atoms with E-state index >= 15 is 0 Å². The molecular formula is C12H11N3O4. The summed E-state index contributed by atoms with van der Waals surface area (Å²) in [5.74, 6) is -0.334. The molecule has 1 aromatic rings. The normalized spacial score (nSPS) is 24.8. The molecule has 0 bridgehead atoms. The Morgan fingerprint density at radius 3 is 2.58 bits per heavy atom. The second kappa shape index (κ2) is 3.53. The second-order valence-corrected chi connectivity index (χ2v) is 4.91. The number of benzene rings is 1. The molecule has 0 unspecified atom stereocenters. The van der Waals surface area contributed by atoms with Crippen LogP contribution in [0.2, 0.25) is 0 Å². The summed E-state index contributed by atoms with van der Waals surface area (Å²) in [4.78, 5) is 35.2. The number of nitro groups is 1. The number of hydrogen-bond acceptors (Lipinski definition) is 4. The molecule has 7 nitrogen and oxygen atoms in total. The Morgan fingerprint density at radius 2 is 2.00 bits per heavy atom. The van der Waals surface area contributed by atoms with Gasteiger partial charge in [-0.25, -0.2) is 4.79 Å². The summed E-state index contributed by atoms with van der Waals surface area (Å²) in [6.07, 6.45) is 0.715. The molecule has 2 aliphatic rings. The monoisotopic (exact) mass is 261 g/mol. The predicted octanol–water partition coefficient (Wildman–Crippen LogP) is 0.614. The first-order valence-electron chi connectivity index (χ1n) is 5.79. The number of rotatable bonds is 1. The van der Waals surface area contributed by atoms with Crippen molar-refractivity contribution in [2.24, 2.45) is 0 Å². The molecule has 0 radical (unpaired) electrons.